The Labute approximate surface area is 95.6 Å². The molecule has 0 saturated heterocycles. The zero-order valence-corrected chi connectivity index (χ0v) is 9.86. The Kier molecular flexibility index (Phi) is 6.15. The van der Waals surface area contributed by atoms with E-state index in [-0.39, 0.29) is 0 Å². The van der Waals surface area contributed by atoms with Crippen LogP contribution in [0.3, 0.4) is 0 Å². The monoisotopic (exact) mass is 225 g/mol. The molecule has 4 nitrogen and oxygen atoms in total. The molecule has 0 aromatic carbocycles. The summed E-state index contributed by atoms with van der Waals surface area (Å²) < 4.78 is 5.03. The molecule has 0 aliphatic rings. The van der Waals surface area contributed by atoms with Crippen molar-refractivity contribution >= 4 is 11.9 Å². The highest BCUT2D eigenvalue weighted by atomic mass is 16.6. The number of carboxylic acids is 1. The van der Waals surface area contributed by atoms with Gasteiger partial charge in [-0.25, -0.2) is 4.79 Å². The van der Waals surface area contributed by atoms with Gasteiger partial charge in [-0.2, -0.15) is 0 Å². The van der Waals surface area contributed by atoms with Crippen molar-refractivity contribution in [3.05, 3.63) is 24.3 Å². The molecule has 0 aliphatic heterocycles. The molecule has 0 atom stereocenters. The molecule has 0 fully saturated rings. The fraction of sp³-hybridized carbons (Fsp3) is 0.500. The van der Waals surface area contributed by atoms with E-state index < -0.39 is 17.5 Å². The van der Waals surface area contributed by atoms with Crippen LogP contribution in [0.4, 0.5) is 0 Å². The molecule has 0 aromatic heterocycles. The number of allylic oxidation sites excluding steroid dienone is 2. The molecule has 0 rings (SSSR count). The first-order valence-electron chi connectivity index (χ1n) is 5.08. The Balaban J connectivity index is 3.77. The van der Waals surface area contributed by atoms with Gasteiger partial charge < -0.3 is 14.6 Å². The Morgan fingerprint density at radius 3 is 2.06 bits per heavy atom. The van der Waals surface area contributed by atoms with E-state index in [9.17, 15) is 14.7 Å². The van der Waals surface area contributed by atoms with E-state index in [1.807, 2.05) is 0 Å². The predicted octanol–water partition coefficient (Wildman–Crippen LogP) is 0.971. The fourth-order valence-corrected chi connectivity index (χ4v) is 0.887. The molecule has 0 bridgehead atoms. The molecular formula is C12H17O4-. The maximum absolute atomic E-state index is 11.2. The molecule has 0 aliphatic carbocycles. The summed E-state index contributed by atoms with van der Waals surface area (Å²) in [7, 11) is 0. The topological polar surface area (TPSA) is 66.4 Å². The van der Waals surface area contributed by atoms with Gasteiger partial charge in [0.25, 0.3) is 0 Å². The molecular weight excluding hydrogens is 208 g/mol. The molecule has 0 N–H and O–H groups in total. The van der Waals surface area contributed by atoms with Crippen molar-refractivity contribution in [2.75, 3.05) is 0 Å². The van der Waals surface area contributed by atoms with Gasteiger partial charge in [0.2, 0.25) is 0 Å². The minimum Gasteiger partial charge on any atom is -0.545 e. The highest BCUT2D eigenvalue weighted by Crippen LogP contribution is 2.07. The van der Waals surface area contributed by atoms with Crippen LogP contribution in [0.5, 0.6) is 0 Å². The Hall–Kier alpha value is -1.58. The van der Waals surface area contributed by atoms with E-state index in [0.717, 1.165) is 6.08 Å². The number of hydrogen-bond donors (Lipinski definition) is 0. The number of ether oxygens (including phenoxy) is 1. The third kappa shape index (κ3) is 10.5. The van der Waals surface area contributed by atoms with Gasteiger partial charge in [0.15, 0.2) is 0 Å². The Morgan fingerprint density at radius 2 is 1.62 bits per heavy atom. The van der Waals surface area contributed by atoms with Gasteiger partial charge in [-0.15, -0.1) is 0 Å². The highest BCUT2D eigenvalue weighted by molar-refractivity contribution is 5.82. The number of hydrogen-bond acceptors (Lipinski definition) is 4. The highest BCUT2D eigenvalue weighted by Gasteiger charge is 2.13. The summed E-state index contributed by atoms with van der Waals surface area (Å²) in [6.45, 7) is 5.38. The van der Waals surface area contributed by atoms with Crippen molar-refractivity contribution in [2.45, 2.75) is 39.2 Å². The molecule has 0 saturated carbocycles. The molecule has 16 heavy (non-hydrogen) atoms. The fourth-order valence-electron chi connectivity index (χ4n) is 0.887. The smallest absolute Gasteiger partial charge is 0.330 e. The molecule has 0 unspecified atom stereocenters. The van der Waals surface area contributed by atoms with Gasteiger partial charge in [-0.05, 0) is 39.7 Å². The SMILES string of the molecule is CC(C)(C)OC(=O)C=CCCC=CC(=O)[O-]. The predicted molar refractivity (Wildman–Crippen MR) is 58.4 cm³/mol. The van der Waals surface area contributed by atoms with E-state index in [0.29, 0.717) is 12.8 Å². The summed E-state index contributed by atoms with van der Waals surface area (Å²) in [5.74, 6) is -1.60. The van der Waals surface area contributed by atoms with Gasteiger partial charge >= 0.3 is 5.97 Å². The molecule has 0 radical (unpaired) electrons. The summed E-state index contributed by atoms with van der Waals surface area (Å²) in [6.07, 6.45) is 6.58. The zero-order valence-electron chi connectivity index (χ0n) is 9.86. The third-order valence-corrected chi connectivity index (χ3v) is 1.41. The lowest BCUT2D eigenvalue weighted by Gasteiger charge is -2.17. The molecule has 0 amide bonds. The first-order valence-corrected chi connectivity index (χ1v) is 5.08. The molecule has 0 spiro atoms. The van der Waals surface area contributed by atoms with Crippen LogP contribution in [0.15, 0.2) is 24.3 Å². The average Bonchev–Trinajstić information content (AvgIpc) is 2.07. The van der Waals surface area contributed by atoms with Gasteiger partial charge in [-0.1, -0.05) is 12.2 Å². The Morgan fingerprint density at radius 1 is 1.12 bits per heavy atom. The second-order valence-corrected chi connectivity index (χ2v) is 4.23. The van der Waals surface area contributed by atoms with Gasteiger partial charge in [0.05, 0.1) is 5.97 Å². The normalized spacial score (nSPS) is 12.2. The van der Waals surface area contributed by atoms with Crippen LogP contribution < -0.4 is 5.11 Å². The maximum Gasteiger partial charge on any atom is 0.330 e. The molecule has 90 valence electrons. The second-order valence-electron chi connectivity index (χ2n) is 4.23. The van der Waals surface area contributed by atoms with Crippen molar-refractivity contribution in [1.82, 2.24) is 0 Å². The maximum atomic E-state index is 11.2. The van der Waals surface area contributed by atoms with Gasteiger partial charge in [0.1, 0.15) is 5.60 Å². The number of carboxylic acid groups (broad SMARTS) is 1. The number of carbonyl (C=O) groups is 2. The number of rotatable bonds is 5. The van der Waals surface area contributed by atoms with E-state index >= 15 is 0 Å². The van der Waals surface area contributed by atoms with Crippen LogP contribution in [0.25, 0.3) is 0 Å². The first kappa shape index (κ1) is 14.4. The van der Waals surface area contributed by atoms with E-state index in [1.165, 1.54) is 12.2 Å². The minimum atomic E-state index is -1.21. The van der Waals surface area contributed by atoms with Crippen LogP contribution in [-0.2, 0) is 14.3 Å². The summed E-state index contributed by atoms with van der Waals surface area (Å²) in [4.78, 5) is 21.2. The summed E-state index contributed by atoms with van der Waals surface area (Å²) in [5.41, 5.74) is -0.490. The minimum absolute atomic E-state index is 0.392. The summed E-state index contributed by atoms with van der Waals surface area (Å²) >= 11 is 0. The molecule has 4 heteroatoms. The lowest BCUT2D eigenvalue weighted by atomic mass is 10.2. The van der Waals surface area contributed by atoms with E-state index in [1.54, 1.807) is 26.8 Å². The number of aliphatic carboxylic acids is 1. The van der Waals surface area contributed by atoms with Crippen molar-refractivity contribution in [1.29, 1.82) is 0 Å². The summed E-state index contributed by atoms with van der Waals surface area (Å²) in [6, 6.07) is 0. The van der Waals surface area contributed by atoms with Crippen molar-refractivity contribution in [3.8, 4) is 0 Å². The van der Waals surface area contributed by atoms with Crippen LogP contribution in [-0.4, -0.2) is 17.5 Å². The third-order valence-electron chi connectivity index (χ3n) is 1.41. The van der Waals surface area contributed by atoms with Crippen LogP contribution >= 0.6 is 0 Å². The molecule has 0 heterocycles. The van der Waals surface area contributed by atoms with E-state index in [2.05, 4.69) is 0 Å². The lowest BCUT2D eigenvalue weighted by molar-refractivity contribution is -0.297. The lowest BCUT2D eigenvalue weighted by Crippen LogP contribution is -2.22. The van der Waals surface area contributed by atoms with Crippen molar-refractivity contribution < 1.29 is 19.4 Å². The number of carbonyl (C=O) groups excluding carboxylic acids is 2. The zero-order chi connectivity index (χ0) is 12.6. The molecule has 0 aromatic rings. The van der Waals surface area contributed by atoms with Gasteiger partial charge in [-0.3, -0.25) is 0 Å². The van der Waals surface area contributed by atoms with Crippen LogP contribution in [0.2, 0.25) is 0 Å². The van der Waals surface area contributed by atoms with Crippen LogP contribution in [0, 0.1) is 0 Å². The van der Waals surface area contributed by atoms with Crippen LogP contribution in [0.1, 0.15) is 33.6 Å². The quantitative estimate of drug-likeness (QED) is 0.397. The van der Waals surface area contributed by atoms with Crippen molar-refractivity contribution in [2.24, 2.45) is 0 Å². The van der Waals surface area contributed by atoms with E-state index in [4.69, 9.17) is 4.74 Å². The van der Waals surface area contributed by atoms with Crippen molar-refractivity contribution in [3.63, 3.8) is 0 Å². The first-order chi connectivity index (χ1) is 7.31. The van der Waals surface area contributed by atoms with Gasteiger partial charge in [0, 0.05) is 6.08 Å². The standard InChI is InChI=1S/C12H18O4/c1-12(2,3)16-11(15)9-7-5-4-6-8-10(13)14/h6-9H,4-5H2,1-3H3,(H,13,14)/p-1. The average molecular weight is 225 g/mol. The summed E-state index contributed by atoms with van der Waals surface area (Å²) in [5, 5.41) is 10.0. The number of esters is 1. The largest absolute Gasteiger partial charge is 0.545 e. The second kappa shape index (κ2) is 6.82. The Bertz CT molecular complexity index is 295. The number of unbranched alkanes of at least 4 members (excludes halogenated alkanes) is 1.